The van der Waals surface area contributed by atoms with Crippen molar-refractivity contribution in [3.63, 3.8) is 0 Å². The predicted octanol–water partition coefficient (Wildman–Crippen LogP) is 3.77. The summed E-state index contributed by atoms with van der Waals surface area (Å²) in [5.74, 6) is 0.618. The van der Waals surface area contributed by atoms with E-state index in [2.05, 4.69) is 101 Å². The monoisotopic (exact) mass is 341 g/mol. The van der Waals surface area contributed by atoms with E-state index in [0.717, 1.165) is 6.54 Å². The normalized spacial score (nSPS) is 12.6. The first-order valence-corrected chi connectivity index (χ1v) is 10.7. The first-order valence-electron chi connectivity index (χ1n) is 8.83. The molecule has 1 N–H and O–H groups in total. The zero-order valence-electron chi connectivity index (χ0n) is 15.7. The zero-order chi connectivity index (χ0) is 17.6. The second kappa shape index (κ2) is 8.10. The Balaban J connectivity index is 2.45. The molecule has 2 aromatic rings. The van der Waals surface area contributed by atoms with Gasteiger partial charge in [-0.15, -0.1) is 0 Å². The molecule has 0 unspecified atom stereocenters. The smallest absolute Gasteiger partial charge is 0.262 e. The molecule has 2 nitrogen and oxygen atoms in total. The molecule has 0 saturated carbocycles. The van der Waals surface area contributed by atoms with Crippen molar-refractivity contribution in [3.05, 3.63) is 60.7 Å². The second-order valence-corrected chi connectivity index (χ2v) is 12.1. The molecule has 0 saturated heterocycles. The van der Waals surface area contributed by atoms with Crippen molar-refractivity contribution in [1.29, 1.82) is 0 Å². The molecule has 24 heavy (non-hydrogen) atoms. The molecule has 0 aliphatic heterocycles. The molecule has 0 atom stereocenters. The fourth-order valence-electron chi connectivity index (χ4n) is 3.27. The van der Waals surface area contributed by atoms with Gasteiger partial charge in [0.1, 0.15) is 0 Å². The lowest BCUT2D eigenvalue weighted by Crippen LogP contribution is -2.67. The van der Waals surface area contributed by atoms with Crippen LogP contribution in [0.3, 0.4) is 0 Å². The first kappa shape index (κ1) is 18.9. The molecule has 0 aliphatic carbocycles. The minimum Gasteiger partial charge on any atom is -0.395 e. The molecule has 0 bridgehead atoms. The van der Waals surface area contributed by atoms with Gasteiger partial charge in [-0.3, -0.25) is 5.32 Å². The SMILES string of the molecule is CC(C)CNCO[Si](c1ccccc1)(c1ccccc1)C(C)(C)C. The highest BCUT2D eigenvalue weighted by Crippen LogP contribution is 2.36. The van der Waals surface area contributed by atoms with Crippen LogP contribution in [0, 0.1) is 5.92 Å². The van der Waals surface area contributed by atoms with Gasteiger partial charge in [0, 0.05) is 0 Å². The van der Waals surface area contributed by atoms with Crippen LogP contribution in [-0.2, 0) is 4.43 Å². The van der Waals surface area contributed by atoms with Gasteiger partial charge in [0.15, 0.2) is 0 Å². The molecule has 2 aromatic carbocycles. The third-order valence-corrected chi connectivity index (χ3v) is 9.34. The van der Waals surface area contributed by atoms with Gasteiger partial charge >= 0.3 is 0 Å². The van der Waals surface area contributed by atoms with Crippen LogP contribution in [0.25, 0.3) is 0 Å². The van der Waals surface area contributed by atoms with Gasteiger partial charge in [-0.1, -0.05) is 95.3 Å². The van der Waals surface area contributed by atoms with Crippen molar-refractivity contribution in [2.45, 2.75) is 39.7 Å². The maximum absolute atomic E-state index is 6.74. The average molecular weight is 342 g/mol. The number of hydrogen-bond donors (Lipinski definition) is 1. The molecule has 0 aromatic heterocycles. The summed E-state index contributed by atoms with van der Waals surface area (Å²) in [6.07, 6.45) is 0. The Morgan fingerprint density at radius 3 is 1.71 bits per heavy atom. The van der Waals surface area contributed by atoms with Crippen molar-refractivity contribution in [2.24, 2.45) is 5.92 Å². The van der Waals surface area contributed by atoms with E-state index in [-0.39, 0.29) is 5.04 Å². The van der Waals surface area contributed by atoms with Gasteiger partial charge < -0.3 is 4.43 Å². The van der Waals surface area contributed by atoms with E-state index in [9.17, 15) is 0 Å². The fourth-order valence-corrected chi connectivity index (χ4v) is 7.74. The molecule has 0 aliphatic rings. The van der Waals surface area contributed by atoms with E-state index < -0.39 is 8.32 Å². The van der Waals surface area contributed by atoms with Crippen molar-refractivity contribution < 1.29 is 4.43 Å². The number of rotatable bonds is 7. The van der Waals surface area contributed by atoms with Crippen LogP contribution in [0.5, 0.6) is 0 Å². The standard InChI is InChI=1S/C21H31NOSi/c1-18(2)16-22-17-23-24(21(3,4)5,19-12-8-6-9-13-19)20-14-10-7-11-15-20/h6-15,18,22H,16-17H2,1-5H3. The Labute approximate surface area is 148 Å². The van der Waals surface area contributed by atoms with Gasteiger partial charge in [-0.05, 0) is 27.9 Å². The highest BCUT2D eigenvalue weighted by Gasteiger charge is 2.50. The van der Waals surface area contributed by atoms with Gasteiger partial charge in [-0.25, -0.2) is 0 Å². The van der Waals surface area contributed by atoms with E-state index >= 15 is 0 Å². The van der Waals surface area contributed by atoms with E-state index in [1.807, 2.05) is 0 Å². The molecule has 0 radical (unpaired) electrons. The molecular weight excluding hydrogens is 310 g/mol. The highest BCUT2D eigenvalue weighted by molar-refractivity contribution is 6.99. The van der Waals surface area contributed by atoms with Crippen LogP contribution in [0.1, 0.15) is 34.6 Å². The number of benzene rings is 2. The molecule has 130 valence electrons. The lowest BCUT2D eigenvalue weighted by Gasteiger charge is -2.43. The average Bonchev–Trinajstić information content (AvgIpc) is 2.55. The molecule has 0 heterocycles. The Morgan fingerprint density at radius 1 is 0.875 bits per heavy atom. The summed E-state index contributed by atoms with van der Waals surface area (Å²) in [6, 6.07) is 21.6. The molecule has 3 heteroatoms. The quantitative estimate of drug-likeness (QED) is 0.470. The molecule has 2 rings (SSSR count). The summed E-state index contributed by atoms with van der Waals surface area (Å²) in [6.45, 7) is 12.9. The number of nitrogens with one attached hydrogen (secondary N) is 1. The zero-order valence-corrected chi connectivity index (χ0v) is 16.7. The van der Waals surface area contributed by atoms with Crippen molar-refractivity contribution in [1.82, 2.24) is 5.32 Å². The van der Waals surface area contributed by atoms with Gasteiger partial charge in [-0.2, -0.15) is 0 Å². The largest absolute Gasteiger partial charge is 0.395 e. The Morgan fingerprint density at radius 2 is 1.33 bits per heavy atom. The van der Waals surface area contributed by atoms with Crippen LogP contribution in [0.15, 0.2) is 60.7 Å². The maximum atomic E-state index is 6.74. The Hall–Kier alpha value is -1.42. The van der Waals surface area contributed by atoms with Crippen LogP contribution >= 0.6 is 0 Å². The van der Waals surface area contributed by atoms with Crippen LogP contribution < -0.4 is 15.7 Å². The maximum Gasteiger partial charge on any atom is 0.262 e. The Bertz CT molecular complexity index is 565. The minimum absolute atomic E-state index is 0.0369. The summed E-state index contributed by atoms with van der Waals surface area (Å²) in [7, 11) is -2.38. The van der Waals surface area contributed by atoms with Gasteiger partial charge in [0.25, 0.3) is 8.32 Å². The van der Waals surface area contributed by atoms with E-state index in [0.29, 0.717) is 12.6 Å². The lowest BCUT2D eigenvalue weighted by molar-refractivity contribution is 0.260. The second-order valence-electron chi connectivity index (χ2n) is 7.80. The summed E-state index contributed by atoms with van der Waals surface area (Å²) in [5, 5.41) is 6.16. The van der Waals surface area contributed by atoms with E-state index in [4.69, 9.17) is 4.43 Å². The molecule has 0 spiro atoms. The summed E-state index contributed by atoms with van der Waals surface area (Å²) >= 11 is 0. The first-order chi connectivity index (χ1) is 11.4. The summed E-state index contributed by atoms with van der Waals surface area (Å²) in [4.78, 5) is 0. The van der Waals surface area contributed by atoms with Gasteiger partial charge in [0.05, 0.1) is 6.73 Å². The topological polar surface area (TPSA) is 21.3 Å². The summed E-state index contributed by atoms with van der Waals surface area (Å²) in [5.41, 5.74) is 0. The molecule has 0 fully saturated rings. The van der Waals surface area contributed by atoms with E-state index in [1.165, 1.54) is 10.4 Å². The van der Waals surface area contributed by atoms with Crippen molar-refractivity contribution in [2.75, 3.05) is 13.3 Å². The fraction of sp³-hybridized carbons (Fsp3) is 0.429. The van der Waals surface area contributed by atoms with Gasteiger partial charge in [0.2, 0.25) is 0 Å². The van der Waals surface area contributed by atoms with Crippen LogP contribution in [0.4, 0.5) is 0 Å². The molecule has 0 amide bonds. The third-order valence-electron chi connectivity index (χ3n) is 4.36. The number of hydrogen-bond acceptors (Lipinski definition) is 2. The minimum atomic E-state index is -2.38. The third kappa shape index (κ3) is 4.15. The molecular formula is C21H31NOSi. The lowest BCUT2D eigenvalue weighted by atomic mass is 10.2. The Kier molecular flexibility index (Phi) is 6.38. The predicted molar refractivity (Wildman–Crippen MR) is 106 cm³/mol. The van der Waals surface area contributed by atoms with E-state index in [1.54, 1.807) is 0 Å². The van der Waals surface area contributed by atoms with Crippen LogP contribution in [0.2, 0.25) is 5.04 Å². The summed E-state index contributed by atoms with van der Waals surface area (Å²) < 4.78 is 6.74. The highest BCUT2D eigenvalue weighted by atomic mass is 28.4. The van der Waals surface area contributed by atoms with Crippen molar-refractivity contribution >= 4 is 18.7 Å². The van der Waals surface area contributed by atoms with Crippen LogP contribution in [-0.4, -0.2) is 21.6 Å². The van der Waals surface area contributed by atoms with Crippen molar-refractivity contribution in [3.8, 4) is 0 Å².